The molecule has 1 heterocycles. The fraction of sp³-hybridized carbons (Fsp3) is 0.344. The minimum Gasteiger partial charge on any atom is -0.478 e. The molecular formula is C32H29ClF5NO2. The first-order chi connectivity index (χ1) is 19.6. The van der Waals surface area contributed by atoms with E-state index in [0.717, 1.165) is 5.56 Å². The molecule has 1 atom stereocenters. The first-order valence-corrected chi connectivity index (χ1v) is 13.9. The normalized spacial score (nSPS) is 17.1. The molecule has 1 saturated heterocycles. The van der Waals surface area contributed by atoms with Gasteiger partial charge in [0, 0.05) is 25.6 Å². The van der Waals surface area contributed by atoms with Crippen LogP contribution in [0.4, 0.5) is 22.0 Å². The predicted octanol–water partition coefficient (Wildman–Crippen LogP) is 8.65. The number of rotatable bonds is 8. The number of nitrogens with zero attached hydrogens (tertiary/aromatic N) is 1. The van der Waals surface area contributed by atoms with Crippen molar-refractivity contribution in [1.82, 2.24) is 4.90 Å². The van der Waals surface area contributed by atoms with E-state index in [0.29, 0.717) is 73.2 Å². The largest absolute Gasteiger partial charge is 0.478 e. The maximum absolute atomic E-state index is 15.3. The first kappa shape index (κ1) is 29.3. The van der Waals surface area contributed by atoms with Crippen LogP contribution in [-0.2, 0) is 12.6 Å². The van der Waals surface area contributed by atoms with Gasteiger partial charge in [0.25, 0.3) is 0 Å². The van der Waals surface area contributed by atoms with Crippen LogP contribution in [0, 0.1) is 5.92 Å². The molecule has 0 saturated carbocycles. The van der Waals surface area contributed by atoms with Crippen molar-refractivity contribution in [2.45, 2.75) is 38.0 Å². The Kier molecular flexibility index (Phi) is 8.52. The van der Waals surface area contributed by atoms with Crippen molar-refractivity contribution in [3.8, 4) is 0 Å². The Hall–Kier alpha value is -3.23. The number of hydrogen-bond acceptors (Lipinski definition) is 2. The van der Waals surface area contributed by atoms with Crippen LogP contribution in [-0.4, -0.2) is 42.3 Å². The highest BCUT2D eigenvalue weighted by Crippen LogP contribution is 2.46. The minimum absolute atomic E-state index is 0.0227. The number of fused-ring (bicyclic) bond motifs is 1. The molecule has 1 fully saturated rings. The molecule has 0 aromatic heterocycles. The molecule has 0 radical (unpaired) electrons. The Bertz CT molecular complexity index is 1460. The lowest BCUT2D eigenvalue weighted by Crippen LogP contribution is -2.48. The number of hydrogen-bond donors (Lipinski definition) is 1. The van der Waals surface area contributed by atoms with Gasteiger partial charge in [-0.15, -0.1) is 0 Å². The van der Waals surface area contributed by atoms with E-state index in [9.17, 15) is 27.5 Å². The molecular weight excluding hydrogens is 561 g/mol. The van der Waals surface area contributed by atoms with E-state index in [1.807, 2.05) is 4.90 Å². The summed E-state index contributed by atoms with van der Waals surface area (Å²) < 4.78 is 70.5. The SMILES string of the molecule is O=C(O)c1ccc2c(c1)CCCC(c1cccc(Cl)c1C(F)(F)F)=C2c1ccc(C(F)C2CN(CCCF)C2)cc1. The van der Waals surface area contributed by atoms with E-state index in [-0.39, 0.29) is 17.0 Å². The average molecular weight is 590 g/mol. The van der Waals surface area contributed by atoms with Crippen molar-refractivity contribution in [3.05, 3.63) is 105 Å². The molecule has 0 bridgehead atoms. The number of carboxylic acids is 1. The van der Waals surface area contributed by atoms with Gasteiger partial charge in [-0.05, 0) is 82.8 Å². The van der Waals surface area contributed by atoms with Gasteiger partial charge in [-0.2, -0.15) is 13.2 Å². The molecule has 0 amide bonds. The molecule has 1 aliphatic carbocycles. The molecule has 3 nitrogen and oxygen atoms in total. The molecule has 216 valence electrons. The summed E-state index contributed by atoms with van der Waals surface area (Å²) in [5, 5.41) is 9.13. The number of carboxylic acid groups (broad SMARTS) is 1. The zero-order valence-corrected chi connectivity index (χ0v) is 22.9. The van der Waals surface area contributed by atoms with Crippen LogP contribution < -0.4 is 0 Å². The van der Waals surface area contributed by atoms with Gasteiger partial charge in [-0.3, -0.25) is 4.39 Å². The Morgan fingerprint density at radius 2 is 1.76 bits per heavy atom. The molecule has 9 heteroatoms. The van der Waals surface area contributed by atoms with Gasteiger partial charge < -0.3 is 10.0 Å². The topological polar surface area (TPSA) is 40.5 Å². The van der Waals surface area contributed by atoms with E-state index in [1.54, 1.807) is 36.4 Å². The predicted molar refractivity (Wildman–Crippen MR) is 150 cm³/mol. The van der Waals surface area contributed by atoms with Crippen LogP contribution in [0.3, 0.4) is 0 Å². The maximum atomic E-state index is 15.3. The molecule has 0 spiro atoms. The van der Waals surface area contributed by atoms with Crippen LogP contribution in [0.2, 0.25) is 5.02 Å². The maximum Gasteiger partial charge on any atom is 0.418 e. The molecule has 1 N–H and O–H groups in total. The fourth-order valence-electron chi connectivity index (χ4n) is 5.95. The van der Waals surface area contributed by atoms with E-state index < -0.39 is 35.6 Å². The van der Waals surface area contributed by atoms with Crippen LogP contribution in [0.15, 0.2) is 60.7 Å². The van der Waals surface area contributed by atoms with Gasteiger partial charge in [0.1, 0.15) is 6.17 Å². The number of halogens is 6. The highest BCUT2D eigenvalue weighted by atomic mass is 35.5. The molecule has 3 aromatic carbocycles. The third-order valence-corrected chi connectivity index (χ3v) is 8.26. The number of alkyl halides is 5. The standard InChI is InChI=1S/C32H29ClF5NO2/c33-27-7-2-6-26(29(27)32(36,37)38)25-5-1-4-21-16-22(31(40)41)12-13-24(21)28(25)19-8-10-20(11-9-19)30(35)23-17-39(18-23)15-3-14-34/h2,6-13,16,23,30H,1,3-5,14-15,17-18H2,(H,40,41). The Morgan fingerprint density at radius 3 is 2.41 bits per heavy atom. The number of aromatic carboxylic acids is 1. The van der Waals surface area contributed by atoms with Crippen molar-refractivity contribution in [2.75, 3.05) is 26.3 Å². The highest BCUT2D eigenvalue weighted by molar-refractivity contribution is 6.31. The zero-order valence-electron chi connectivity index (χ0n) is 22.2. The summed E-state index contributed by atoms with van der Waals surface area (Å²) in [5.74, 6) is -1.29. The summed E-state index contributed by atoms with van der Waals surface area (Å²) >= 11 is 6.09. The molecule has 1 unspecified atom stereocenters. The average Bonchev–Trinajstić information content (AvgIpc) is 3.10. The highest BCUT2D eigenvalue weighted by Gasteiger charge is 2.38. The van der Waals surface area contributed by atoms with Gasteiger partial charge in [0.05, 0.1) is 22.8 Å². The van der Waals surface area contributed by atoms with Crippen molar-refractivity contribution >= 4 is 28.7 Å². The van der Waals surface area contributed by atoms with Gasteiger partial charge >= 0.3 is 12.1 Å². The summed E-state index contributed by atoms with van der Waals surface area (Å²) in [4.78, 5) is 13.7. The number of benzene rings is 3. The van der Waals surface area contributed by atoms with Gasteiger partial charge in [0.2, 0.25) is 0 Å². The fourth-order valence-corrected chi connectivity index (χ4v) is 6.23. The molecule has 1 aliphatic heterocycles. The molecule has 41 heavy (non-hydrogen) atoms. The lowest BCUT2D eigenvalue weighted by molar-refractivity contribution is -0.137. The second-order valence-electron chi connectivity index (χ2n) is 10.6. The first-order valence-electron chi connectivity index (χ1n) is 13.6. The smallest absolute Gasteiger partial charge is 0.418 e. The minimum atomic E-state index is -4.69. The van der Waals surface area contributed by atoms with Crippen molar-refractivity contribution in [3.63, 3.8) is 0 Å². The van der Waals surface area contributed by atoms with E-state index in [1.165, 1.54) is 24.3 Å². The lowest BCUT2D eigenvalue weighted by Gasteiger charge is -2.41. The third kappa shape index (κ3) is 6.04. The Balaban J connectivity index is 1.60. The lowest BCUT2D eigenvalue weighted by atomic mass is 9.84. The third-order valence-electron chi connectivity index (χ3n) is 7.94. The number of carbonyl (C=O) groups is 1. The van der Waals surface area contributed by atoms with Crippen molar-refractivity contribution in [2.24, 2.45) is 5.92 Å². The summed E-state index contributed by atoms with van der Waals surface area (Å²) in [6, 6.07) is 15.5. The summed E-state index contributed by atoms with van der Waals surface area (Å²) in [6.45, 7) is 1.29. The van der Waals surface area contributed by atoms with Crippen LogP contribution in [0.5, 0.6) is 0 Å². The number of aryl methyl sites for hydroxylation is 1. The van der Waals surface area contributed by atoms with E-state index in [2.05, 4.69) is 0 Å². The van der Waals surface area contributed by atoms with Crippen LogP contribution >= 0.6 is 11.6 Å². The van der Waals surface area contributed by atoms with Gasteiger partial charge in [-0.1, -0.05) is 54.1 Å². The number of likely N-dealkylation sites (tertiary alicyclic amines) is 1. The Labute approximate surface area is 240 Å². The van der Waals surface area contributed by atoms with Crippen LogP contribution in [0.1, 0.15) is 69.2 Å². The summed E-state index contributed by atoms with van der Waals surface area (Å²) in [7, 11) is 0. The van der Waals surface area contributed by atoms with E-state index in [4.69, 9.17) is 11.6 Å². The van der Waals surface area contributed by atoms with Gasteiger partial charge in [-0.25, -0.2) is 9.18 Å². The second-order valence-corrected chi connectivity index (χ2v) is 11.0. The summed E-state index contributed by atoms with van der Waals surface area (Å²) in [6.07, 6.45) is -4.20. The van der Waals surface area contributed by atoms with Crippen molar-refractivity contribution < 1.29 is 31.9 Å². The monoisotopic (exact) mass is 589 g/mol. The van der Waals surface area contributed by atoms with Crippen LogP contribution in [0.25, 0.3) is 11.1 Å². The van der Waals surface area contributed by atoms with E-state index >= 15 is 4.39 Å². The van der Waals surface area contributed by atoms with Gasteiger partial charge in [0.15, 0.2) is 0 Å². The quantitative estimate of drug-likeness (QED) is 0.267. The Morgan fingerprint density at radius 1 is 1.02 bits per heavy atom. The molecule has 3 aromatic rings. The summed E-state index contributed by atoms with van der Waals surface area (Å²) in [5.41, 5.74) is 2.60. The van der Waals surface area contributed by atoms with Crippen molar-refractivity contribution in [1.29, 1.82) is 0 Å². The second kappa shape index (κ2) is 11.9. The number of allylic oxidation sites excluding steroid dienone is 1. The molecule has 2 aliphatic rings. The molecule has 5 rings (SSSR count). The zero-order chi connectivity index (χ0) is 29.3.